The first-order valence-electron chi connectivity index (χ1n) is 6.94. The molecule has 2 aromatic rings. The molecule has 2 aromatic carbocycles. The van der Waals surface area contributed by atoms with Crippen LogP contribution in [0.25, 0.3) is 11.1 Å². The fourth-order valence-corrected chi connectivity index (χ4v) is 2.33. The fraction of sp³-hybridized carbons (Fsp3) is 0.235. The highest BCUT2D eigenvalue weighted by Gasteiger charge is 2.12. The summed E-state index contributed by atoms with van der Waals surface area (Å²) in [6.07, 6.45) is 1.06. The lowest BCUT2D eigenvalue weighted by molar-refractivity contribution is 0.205. The Morgan fingerprint density at radius 2 is 1.90 bits per heavy atom. The van der Waals surface area contributed by atoms with Crippen molar-refractivity contribution in [2.24, 2.45) is 5.73 Å². The number of nitrogens with two attached hydrogens (primary N) is 1. The minimum absolute atomic E-state index is 0.123. The molecule has 0 radical (unpaired) electrons. The van der Waals surface area contributed by atoms with Gasteiger partial charge in [0.2, 0.25) is 0 Å². The van der Waals surface area contributed by atoms with Gasteiger partial charge in [-0.05, 0) is 29.7 Å². The summed E-state index contributed by atoms with van der Waals surface area (Å²) >= 11 is 6.31. The monoisotopic (exact) mass is 302 g/mol. The largest absolute Gasteiger partial charge is 0.488 e. The van der Waals surface area contributed by atoms with E-state index < -0.39 is 0 Å². The van der Waals surface area contributed by atoms with Crippen molar-refractivity contribution in [3.8, 4) is 16.9 Å². The smallest absolute Gasteiger partial charge is 0.138 e. The van der Waals surface area contributed by atoms with Gasteiger partial charge in [-0.25, -0.2) is 0 Å². The zero-order valence-electron chi connectivity index (χ0n) is 12.0. The van der Waals surface area contributed by atoms with Crippen molar-refractivity contribution in [3.05, 3.63) is 53.6 Å². The highest BCUT2D eigenvalue weighted by Crippen LogP contribution is 2.31. The summed E-state index contributed by atoms with van der Waals surface area (Å²) < 4.78 is 5.84. The predicted octanol–water partition coefficient (Wildman–Crippen LogP) is 4.49. The van der Waals surface area contributed by atoms with E-state index in [4.69, 9.17) is 27.5 Å². The molecule has 3 nitrogen and oxygen atoms in total. The molecule has 0 heterocycles. The summed E-state index contributed by atoms with van der Waals surface area (Å²) in [7, 11) is 0. The van der Waals surface area contributed by atoms with Gasteiger partial charge in [-0.3, -0.25) is 5.41 Å². The maximum atomic E-state index is 7.36. The molecular weight excluding hydrogens is 284 g/mol. The van der Waals surface area contributed by atoms with E-state index in [1.165, 1.54) is 0 Å². The molecule has 0 saturated heterocycles. The van der Waals surface area contributed by atoms with Gasteiger partial charge in [-0.2, -0.15) is 0 Å². The molecule has 3 N–H and O–H groups in total. The van der Waals surface area contributed by atoms with E-state index in [9.17, 15) is 0 Å². The minimum atomic E-state index is -0.123. The van der Waals surface area contributed by atoms with Gasteiger partial charge in [0.15, 0.2) is 0 Å². The maximum Gasteiger partial charge on any atom is 0.138 e. The summed E-state index contributed by atoms with van der Waals surface area (Å²) in [5.41, 5.74) is 7.59. The Kier molecular flexibility index (Phi) is 5.23. The first kappa shape index (κ1) is 15.4. The van der Waals surface area contributed by atoms with Crippen LogP contribution in [-0.2, 0) is 0 Å². The second kappa shape index (κ2) is 7.14. The first-order valence-corrected chi connectivity index (χ1v) is 7.32. The number of amidine groups is 1. The van der Waals surface area contributed by atoms with Crippen LogP contribution in [0.4, 0.5) is 0 Å². The minimum Gasteiger partial charge on any atom is -0.488 e. The van der Waals surface area contributed by atoms with E-state index in [1.807, 2.05) is 55.5 Å². The van der Waals surface area contributed by atoms with Crippen LogP contribution in [0, 0.1) is 5.41 Å². The van der Waals surface area contributed by atoms with E-state index in [-0.39, 0.29) is 11.9 Å². The number of hydrogen-bond donors (Lipinski definition) is 2. The van der Waals surface area contributed by atoms with Gasteiger partial charge >= 0.3 is 0 Å². The van der Waals surface area contributed by atoms with Crippen LogP contribution in [-0.4, -0.2) is 11.9 Å². The van der Waals surface area contributed by atoms with Crippen molar-refractivity contribution in [2.75, 3.05) is 0 Å². The third-order valence-corrected chi connectivity index (χ3v) is 3.53. The third-order valence-electron chi connectivity index (χ3n) is 3.24. The van der Waals surface area contributed by atoms with Crippen LogP contribution in [0.1, 0.15) is 19.8 Å². The SMILES string of the molecule is CCC(CC(=N)N)Oc1ccc(-c2ccccc2)cc1Cl. The summed E-state index contributed by atoms with van der Waals surface area (Å²) in [5, 5.41) is 7.93. The van der Waals surface area contributed by atoms with Gasteiger partial charge in [0.1, 0.15) is 11.9 Å². The van der Waals surface area contributed by atoms with Crippen molar-refractivity contribution in [3.63, 3.8) is 0 Å². The van der Waals surface area contributed by atoms with Crippen LogP contribution >= 0.6 is 11.6 Å². The average Bonchev–Trinajstić information content (AvgIpc) is 2.49. The first-order chi connectivity index (χ1) is 10.1. The van der Waals surface area contributed by atoms with Crippen LogP contribution < -0.4 is 10.5 Å². The van der Waals surface area contributed by atoms with E-state index >= 15 is 0 Å². The standard InChI is InChI=1S/C17H19ClN2O/c1-2-14(11-17(19)20)21-16-9-8-13(10-15(16)18)12-6-4-3-5-7-12/h3-10,14H,2,11H2,1H3,(H3,19,20). The van der Waals surface area contributed by atoms with E-state index in [0.717, 1.165) is 17.5 Å². The topological polar surface area (TPSA) is 59.1 Å². The van der Waals surface area contributed by atoms with E-state index in [2.05, 4.69) is 0 Å². The Morgan fingerprint density at radius 3 is 2.48 bits per heavy atom. The molecule has 0 fully saturated rings. The quantitative estimate of drug-likeness (QED) is 0.610. The highest BCUT2D eigenvalue weighted by atomic mass is 35.5. The van der Waals surface area contributed by atoms with Crippen LogP contribution in [0.3, 0.4) is 0 Å². The maximum absolute atomic E-state index is 7.36. The summed E-state index contributed by atoms with van der Waals surface area (Å²) in [6.45, 7) is 2.00. The molecule has 0 saturated carbocycles. The van der Waals surface area contributed by atoms with Crippen molar-refractivity contribution < 1.29 is 4.74 Å². The molecule has 1 unspecified atom stereocenters. The zero-order valence-corrected chi connectivity index (χ0v) is 12.7. The van der Waals surface area contributed by atoms with Crippen LogP contribution in [0.15, 0.2) is 48.5 Å². The molecule has 0 aliphatic heterocycles. The molecule has 1 atom stereocenters. The number of rotatable bonds is 6. The Morgan fingerprint density at radius 1 is 1.19 bits per heavy atom. The molecule has 4 heteroatoms. The van der Waals surface area contributed by atoms with Crippen LogP contribution in [0.2, 0.25) is 5.02 Å². The summed E-state index contributed by atoms with van der Waals surface area (Å²) in [6, 6.07) is 15.8. The van der Waals surface area contributed by atoms with Gasteiger partial charge in [-0.1, -0.05) is 54.9 Å². The van der Waals surface area contributed by atoms with E-state index in [0.29, 0.717) is 17.2 Å². The lowest BCUT2D eigenvalue weighted by Crippen LogP contribution is -2.24. The van der Waals surface area contributed by atoms with Crippen LogP contribution in [0.5, 0.6) is 5.75 Å². The molecule has 21 heavy (non-hydrogen) atoms. The second-order valence-electron chi connectivity index (χ2n) is 4.89. The zero-order chi connectivity index (χ0) is 15.2. The number of hydrogen-bond acceptors (Lipinski definition) is 2. The average molecular weight is 303 g/mol. The number of nitrogens with one attached hydrogen (secondary N) is 1. The number of benzene rings is 2. The third kappa shape index (κ3) is 4.23. The molecule has 0 spiro atoms. The molecule has 110 valence electrons. The Hall–Kier alpha value is -2.00. The van der Waals surface area contributed by atoms with Crippen molar-refractivity contribution >= 4 is 17.4 Å². The van der Waals surface area contributed by atoms with Gasteiger partial charge in [0.05, 0.1) is 10.9 Å². The van der Waals surface area contributed by atoms with Crippen molar-refractivity contribution in [1.29, 1.82) is 5.41 Å². The molecular formula is C17H19ClN2O. The fourth-order valence-electron chi connectivity index (χ4n) is 2.10. The molecule has 0 bridgehead atoms. The normalized spacial score (nSPS) is 11.9. The molecule has 2 rings (SSSR count). The van der Waals surface area contributed by atoms with Gasteiger partial charge in [-0.15, -0.1) is 0 Å². The van der Waals surface area contributed by atoms with Crippen molar-refractivity contribution in [1.82, 2.24) is 0 Å². The van der Waals surface area contributed by atoms with Gasteiger partial charge in [0, 0.05) is 6.42 Å². The van der Waals surface area contributed by atoms with Crippen molar-refractivity contribution in [2.45, 2.75) is 25.9 Å². The molecule has 0 amide bonds. The molecule has 0 aromatic heterocycles. The Balaban J connectivity index is 2.18. The number of ether oxygens (including phenoxy) is 1. The summed E-state index contributed by atoms with van der Waals surface area (Å²) in [5.74, 6) is 0.753. The van der Waals surface area contributed by atoms with Gasteiger partial charge in [0.25, 0.3) is 0 Å². The molecule has 0 aliphatic carbocycles. The second-order valence-corrected chi connectivity index (χ2v) is 5.30. The highest BCUT2D eigenvalue weighted by molar-refractivity contribution is 6.32. The molecule has 0 aliphatic rings. The summed E-state index contributed by atoms with van der Waals surface area (Å²) in [4.78, 5) is 0. The Labute approximate surface area is 130 Å². The van der Waals surface area contributed by atoms with Gasteiger partial charge < -0.3 is 10.5 Å². The predicted molar refractivity (Wildman–Crippen MR) is 88.1 cm³/mol. The number of halogens is 1. The lowest BCUT2D eigenvalue weighted by atomic mass is 10.1. The Bertz CT molecular complexity index is 613. The lowest BCUT2D eigenvalue weighted by Gasteiger charge is -2.18. The van der Waals surface area contributed by atoms with E-state index in [1.54, 1.807) is 0 Å².